The summed E-state index contributed by atoms with van der Waals surface area (Å²) in [4.78, 5) is 2.49. The van der Waals surface area contributed by atoms with Crippen molar-refractivity contribution in [2.75, 3.05) is 20.1 Å². The maximum absolute atomic E-state index is 6.09. The van der Waals surface area contributed by atoms with Gasteiger partial charge in [-0.1, -0.05) is 34.6 Å². The van der Waals surface area contributed by atoms with Gasteiger partial charge in [0.25, 0.3) is 0 Å². The molecular weight excluding hydrogens is 196 g/mol. The Morgan fingerprint density at radius 2 is 1.50 bits per heavy atom. The highest BCUT2D eigenvalue weighted by Crippen LogP contribution is 2.29. The van der Waals surface area contributed by atoms with Gasteiger partial charge in [0, 0.05) is 12.1 Å². The molecule has 0 spiro atoms. The molecule has 0 aliphatic carbocycles. The van der Waals surface area contributed by atoms with Gasteiger partial charge in [-0.3, -0.25) is 4.90 Å². The summed E-state index contributed by atoms with van der Waals surface area (Å²) in [5, 5.41) is 0. The van der Waals surface area contributed by atoms with Crippen LogP contribution in [0.2, 0.25) is 0 Å². The van der Waals surface area contributed by atoms with Gasteiger partial charge in [0.15, 0.2) is 0 Å². The van der Waals surface area contributed by atoms with E-state index >= 15 is 0 Å². The Morgan fingerprint density at radius 1 is 1.06 bits per heavy atom. The molecule has 16 heavy (non-hydrogen) atoms. The van der Waals surface area contributed by atoms with Gasteiger partial charge < -0.3 is 5.73 Å². The quantitative estimate of drug-likeness (QED) is 0.691. The lowest BCUT2D eigenvalue weighted by molar-refractivity contribution is 0.0782. The Hall–Kier alpha value is -0.0800. The van der Waals surface area contributed by atoms with Gasteiger partial charge in [0.2, 0.25) is 0 Å². The van der Waals surface area contributed by atoms with Crippen LogP contribution in [0.15, 0.2) is 0 Å². The third-order valence-electron chi connectivity index (χ3n) is 3.33. The fraction of sp³-hybridized carbons (Fsp3) is 1.00. The first-order valence-corrected chi connectivity index (χ1v) is 6.79. The van der Waals surface area contributed by atoms with Crippen molar-refractivity contribution in [1.29, 1.82) is 0 Å². The molecule has 0 fully saturated rings. The van der Waals surface area contributed by atoms with E-state index in [0.717, 1.165) is 13.1 Å². The van der Waals surface area contributed by atoms with Gasteiger partial charge in [-0.2, -0.15) is 0 Å². The van der Waals surface area contributed by atoms with Crippen LogP contribution in [0.3, 0.4) is 0 Å². The minimum absolute atomic E-state index is 0.207. The van der Waals surface area contributed by atoms with Crippen LogP contribution in [0.5, 0.6) is 0 Å². The van der Waals surface area contributed by atoms with Crippen molar-refractivity contribution in [3.63, 3.8) is 0 Å². The second-order valence-corrected chi connectivity index (χ2v) is 6.05. The van der Waals surface area contributed by atoms with Crippen LogP contribution >= 0.6 is 0 Å². The molecule has 0 saturated heterocycles. The molecule has 0 heterocycles. The van der Waals surface area contributed by atoms with Gasteiger partial charge in [-0.05, 0) is 44.7 Å². The lowest BCUT2D eigenvalue weighted by Gasteiger charge is -2.44. The van der Waals surface area contributed by atoms with Gasteiger partial charge in [0.05, 0.1) is 0 Å². The zero-order valence-electron chi connectivity index (χ0n) is 12.2. The van der Waals surface area contributed by atoms with Crippen molar-refractivity contribution >= 4 is 0 Å². The van der Waals surface area contributed by atoms with Gasteiger partial charge in [0.1, 0.15) is 0 Å². The summed E-state index contributed by atoms with van der Waals surface area (Å²) in [5.74, 6) is 1.42. The Kier molecular flexibility index (Phi) is 7.25. The first kappa shape index (κ1) is 15.9. The molecule has 0 aromatic carbocycles. The molecule has 2 nitrogen and oxygen atoms in total. The van der Waals surface area contributed by atoms with Crippen LogP contribution in [0.1, 0.15) is 53.9 Å². The molecule has 0 amide bonds. The molecule has 0 aliphatic heterocycles. The maximum atomic E-state index is 6.09. The molecule has 0 radical (unpaired) electrons. The monoisotopic (exact) mass is 228 g/mol. The number of hydrogen-bond donors (Lipinski definition) is 1. The summed E-state index contributed by atoms with van der Waals surface area (Å²) < 4.78 is 0. The zero-order chi connectivity index (χ0) is 12.8. The van der Waals surface area contributed by atoms with Crippen molar-refractivity contribution in [3.05, 3.63) is 0 Å². The van der Waals surface area contributed by atoms with Gasteiger partial charge in [-0.25, -0.2) is 0 Å². The van der Waals surface area contributed by atoms with Crippen LogP contribution in [-0.2, 0) is 0 Å². The molecule has 0 unspecified atom stereocenters. The second kappa shape index (κ2) is 7.29. The van der Waals surface area contributed by atoms with E-state index in [1.807, 2.05) is 0 Å². The third kappa shape index (κ3) is 4.84. The van der Waals surface area contributed by atoms with Crippen molar-refractivity contribution in [2.24, 2.45) is 17.6 Å². The van der Waals surface area contributed by atoms with Gasteiger partial charge in [-0.15, -0.1) is 0 Å². The Morgan fingerprint density at radius 3 is 1.75 bits per heavy atom. The van der Waals surface area contributed by atoms with E-state index in [2.05, 4.69) is 46.6 Å². The summed E-state index contributed by atoms with van der Waals surface area (Å²) in [7, 11) is 2.24. The normalized spacial score (nSPS) is 13.1. The van der Waals surface area contributed by atoms with Crippen molar-refractivity contribution in [3.8, 4) is 0 Å². The van der Waals surface area contributed by atoms with Crippen LogP contribution < -0.4 is 5.73 Å². The van der Waals surface area contributed by atoms with E-state index in [9.17, 15) is 0 Å². The first-order chi connectivity index (χ1) is 7.38. The van der Waals surface area contributed by atoms with Crippen LogP contribution in [0.4, 0.5) is 0 Å². The summed E-state index contributed by atoms with van der Waals surface area (Å²) in [6.45, 7) is 13.4. The van der Waals surface area contributed by atoms with E-state index in [1.54, 1.807) is 0 Å². The highest BCUT2D eigenvalue weighted by atomic mass is 15.2. The minimum atomic E-state index is 0.207. The number of hydrogen-bond acceptors (Lipinski definition) is 2. The third-order valence-corrected chi connectivity index (χ3v) is 3.33. The molecule has 0 rings (SSSR count). The molecule has 2 heteroatoms. The lowest BCUT2D eigenvalue weighted by Crippen LogP contribution is -2.54. The molecule has 0 aliphatic rings. The molecular formula is C14H32N2. The Balaban J connectivity index is 4.78. The average Bonchev–Trinajstić information content (AvgIpc) is 2.15. The van der Waals surface area contributed by atoms with E-state index in [0.29, 0.717) is 11.8 Å². The number of nitrogens with two attached hydrogens (primary N) is 1. The summed E-state index contributed by atoms with van der Waals surface area (Å²) in [6, 6.07) is 0. The minimum Gasteiger partial charge on any atom is -0.329 e. The molecule has 0 aromatic rings. The number of nitrogens with zero attached hydrogens (tertiary/aromatic N) is 1. The van der Waals surface area contributed by atoms with E-state index in [4.69, 9.17) is 5.73 Å². The van der Waals surface area contributed by atoms with Crippen LogP contribution in [-0.4, -0.2) is 30.6 Å². The zero-order valence-corrected chi connectivity index (χ0v) is 12.2. The topological polar surface area (TPSA) is 29.3 Å². The number of rotatable bonds is 8. The summed E-state index contributed by atoms with van der Waals surface area (Å²) >= 11 is 0. The summed E-state index contributed by atoms with van der Waals surface area (Å²) in [5.41, 5.74) is 6.30. The molecule has 98 valence electrons. The average molecular weight is 228 g/mol. The van der Waals surface area contributed by atoms with Crippen molar-refractivity contribution < 1.29 is 0 Å². The second-order valence-electron chi connectivity index (χ2n) is 6.05. The molecule has 0 atom stereocenters. The highest BCUT2D eigenvalue weighted by Gasteiger charge is 2.33. The Bertz CT molecular complexity index is 166. The van der Waals surface area contributed by atoms with Crippen molar-refractivity contribution in [2.45, 2.75) is 59.4 Å². The predicted octanol–water partition coefficient (Wildman–Crippen LogP) is 3.12. The largest absolute Gasteiger partial charge is 0.329 e. The standard InChI is InChI=1S/C14H32N2/c1-7-8-16(6)14(11-15,9-12(2)3)10-13(4)5/h12-13H,7-11,15H2,1-6H3. The van der Waals surface area contributed by atoms with E-state index in [-0.39, 0.29) is 5.54 Å². The maximum Gasteiger partial charge on any atom is 0.0333 e. The van der Waals surface area contributed by atoms with Crippen molar-refractivity contribution in [1.82, 2.24) is 4.90 Å². The van der Waals surface area contributed by atoms with Crippen LogP contribution in [0, 0.1) is 11.8 Å². The molecule has 2 N–H and O–H groups in total. The number of likely N-dealkylation sites (N-methyl/N-ethyl adjacent to an activating group) is 1. The predicted molar refractivity (Wildman–Crippen MR) is 73.6 cm³/mol. The molecule has 0 aromatic heterocycles. The molecule has 0 bridgehead atoms. The highest BCUT2D eigenvalue weighted by molar-refractivity contribution is 4.92. The lowest BCUT2D eigenvalue weighted by atomic mass is 9.80. The molecule has 0 saturated carbocycles. The first-order valence-electron chi connectivity index (χ1n) is 6.79. The summed E-state index contributed by atoms with van der Waals surface area (Å²) in [6.07, 6.45) is 3.62. The smallest absolute Gasteiger partial charge is 0.0333 e. The fourth-order valence-corrected chi connectivity index (χ4v) is 2.81. The van der Waals surface area contributed by atoms with Crippen LogP contribution in [0.25, 0.3) is 0 Å². The fourth-order valence-electron chi connectivity index (χ4n) is 2.81. The van der Waals surface area contributed by atoms with E-state index in [1.165, 1.54) is 19.3 Å². The van der Waals surface area contributed by atoms with E-state index < -0.39 is 0 Å². The Labute approximate surface area is 103 Å². The SMILES string of the molecule is CCCN(C)C(CN)(CC(C)C)CC(C)C. The van der Waals surface area contributed by atoms with Gasteiger partial charge >= 0.3 is 0 Å².